The molecule has 1 amide bonds. The molecule has 0 aliphatic carbocycles. The molecule has 0 aromatic carbocycles. The van der Waals surface area contributed by atoms with Crippen molar-refractivity contribution in [3.63, 3.8) is 0 Å². The molecule has 6 heteroatoms. The smallest absolute Gasteiger partial charge is 0.227 e. The van der Waals surface area contributed by atoms with Gasteiger partial charge in [-0.25, -0.2) is 0 Å². The molecule has 20 heavy (non-hydrogen) atoms. The third-order valence-electron chi connectivity index (χ3n) is 3.76. The minimum Gasteiger partial charge on any atom is -0.382 e. The molecule has 5 nitrogen and oxygen atoms in total. The SMILES string of the molecule is Nc1ccn(C2CCN(C(=O)Cc3ccsc3)CC2)n1. The Balaban J connectivity index is 1.54. The summed E-state index contributed by atoms with van der Waals surface area (Å²) in [5, 5.41) is 8.31. The molecule has 1 fully saturated rings. The lowest BCUT2D eigenvalue weighted by Crippen LogP contribution is -2.39. The zero-order chi connectivity index (χ0) is 13.9. The highest BCUT2D eigenvalue weighted by atomic mass is 32.1. The van der Waals surface area contributed by atoms with Crippen molar-refractivity contribution in [3.05, 3.63) is 34.7 Å². The van der Waals surface area contributed by atoms with Crippen LogP contribution in [0.1, 0.15) is 24.4 Å². The first-order valence-electron chi connectivity index (χ1n) is 6.82. The largest absolute Gasteiger partial charge is 0.382 e. The summed E-state index contributed by atoms with van der Waals surface area (Å²) in [6.07, 6.45) is 4.32. The number of amides is 1. The van der Waals surface area contributed by atoms with Gasteiger partial charge in [-0.05, 0) is 41.3 Å². The van der Waals surface area contributed by atoms with E-state index in [1.54, 1.807) is 11.3 Å². The number of nitrogens with two attached hydrogens (primary N) is 1. The van der Waals surface area contributed by atoms with Gasteiger partial charge in [-0.1, -0.05) is 0 Å². The van der Waals surface area contributed by atoms with Crippen LogP contribution in [0.3, 0.4) is 0 Å². The standard InChI is InChI=1S/C14H18N4OS/c15-13-3-7-18(16-13)12-1-5-17(6-2-12)14(19)9-11-4-8-20-10-11/h3-4,7-8,10,12H,1-2,5-6,9H2,(H2,15,16). The van der Waals surface area contributed by atoms with Crippen LogP contribution in [-0.2, 0) is 11.2 Å². The second-order valence-corrected chi connectivity index (χ2v) is 5.92. The number of nitrogens with zero attached hydrogens (tertiary/aromatic N) is 3. The molecule has 2 aromatic rings. The Labute approximate surface area is 122 Å². The van der Waals surface area contributed by atoms with Gasteiger partial charge in [0.15, 0.2) is 0 Å². The van der Waals surface area contributed by atoms with Crippen molar-refractivity contribution in [2.45, 2.75) is 25.3 Å². The molecule has 0 bridgehead atoms. The molecule has 3 rings (SSSR count). The quantitative estimate of drug-likeness (QED) is 0.939. The van der Waals surface area contributed by atoms with Gasteiger partial charge in [-0.3, -0.25) is 9.48 Å². The van der Waals surface area contributed by atoms with Gasteiger partial charge in [0.25, 0.3) is 0 Å². The van der Waals surface area contributed by atoms with Gasteiger partial charge in [-0.15, -0.1) is 0 Å². The third-order valence-corrected chi connectivity index (χ3v) is 4.49. The zero-order valence-corrected chi connectivity index (χ0v) is 12.1. The van der Waals surface area contributed by atoms with E-state index in [9.17, 15) is 4.79 Å². The fraction of sp³-hybridized carbons (Fsp3) is 0.429. The maximum absolute atomic E-state index is 12.2. The normalized spacial score (nSPS) is 16.5. The number of aromatic nitrogens is 2. The van der Waals surface area contributed by atoms with E-state index in [0.717, 1.165) is 31.5 Å². The molecule has 0 saturated carbocycles. The third kappa shape index (κ3) is 2.85. The van der Waals surface area contributed by atoms with Crippen LogP contribution in [0.2, 0.25) is 0 Å². The Kier molecular flexibility index (Phi) is 3.73. The first-order valence-corrected chi connectivity index (χ1v) is 7.76. The topological polar surface area (TPSA) is 64.2 Å². The van der Waals surface area contributed by atoms with Gasteiger partial charge >= 0.3 is 0 Å². The number of rotatable bonds is 3. The van der Waals surface area contributed by atoms with Crippen molar-refractivity contribution in [1.82, 2.24) is 14.7 Å². The minimum atomic E-state index is 0.224. The van der Waals surface area contributed by atoms with Crippen molar-refractivity contribution in [1.29, 1.82) is 0 Å². The van der Waals surface area contributed by atoms with Crippen LogP contribution in [0.15, 0.2) is 29.1 Å². The molecular weight excluding hydrogens is 272 g/mol. The van der Waals surface area contributed by atoms with Crippen LogP contribution < -0.4 is 5.73 Å². The van der Waals surface area contributed by atoms with Crippen LogP contribution in [0.25, 0.3) is 0 Å². The fourth-order valence-electron chi connectivity index (χ4n) is 2.62. The molecule has 106 valence electrons. The average Bonchev–Trinajstić information content (AvgIpc) is 3.10. The number of anilines is 1. The second-order valence-electron chi connectivity index (χ2n) is 5.14. The molecule has 1 saturated heterocycles. The van der Waals surface area contributed by atoms with Crippen LogP contribution in [0.4, 0.5) is 5.82 Å². The Morgan fingerprint density at radius 1 is 1.40 bits per heavy atom. The Morgan fingerprint density at radius 2 is 2.20 bits per heavy atom. The number of hydrogen-bond acceptors (Lipinski definition) is 4. The van der Waals surface area contributed by atoms with Gasteiger partial charge in [0.1, 0.15) is 5.82 Å². The van der Waals surface area contributed by atoms with E-state index in [-0.39, 0.29) is 5.91 Å². The Hall–Kier alpha value is -1.82. The summed E-state index contributed by atoms with van der Waals surface area (Å²) >= 11 is 1.63. The lowest BCUT2D eigenvalue weighted by atomic mass is 10.0. The summed E-state index contributed by atoms with van der Waals surface area (Å²) < 4.78 is 1.93. The molecule has 0 atom stereocenters. The van der Waals surface area contributed by atoms with Crippen molar-refractivity contribution < 1.29 is 4.79 Å². The maximum atomic E-state index is 12.2. The van der Waals surface area contributed by atoms with E-state index in [2.05, 4.69) is 5.10 Å². The van der Waals surface area contributed by atoms with Gasteiger partial charge in [0.05, 0.1) is 12.5 Å². The Bertz CT molecular complexity index is 570. The lowest BCUT2D eigenvalue weighted by Gasteiger charge is -2.32. The first-order chi connectivity index (χ1) is 9.72. The van der Waals surface area contributed by atoms with E-state index < -0.39 is 0 Å². The molecule has 1 aliphatic heterocycles. The number of likely N-dealkylation sites (tertiary alicyclic amines) is 1. The number of carbonyl (C=O) groups excluding carboxylic acids is 1. The first kappa shape index (κ1) is 13.2. The van der Waals surface area contributed by atoms with Crippen LogP contribution >= 0.6 is 11.3 Å². The molecular formula is C14H18N4OS. The van der Waals surface area contributed by atoms with Crippen molar-refractivity contribution >= 4 is 23.1 Å². The highest BCUT2D eigenvalue weighted by Crippen LogP contribution is 2.23. The summed E-state index contributed by atoms with van der Waals surface area (Å²) in [6.45, 7) is 1.60. The predicted octanol–water partition coefficient (Wildman–Crippen LogP) is 1.93. The predicted molar refractivity (Wildman–Crippen MR) is 79.5 cm³/mol. The van der Waals surface area contributed by atoms with Crippen LogP contribution in [-0.4, -0.2) is 33.7 Å². The molecule has 3 heterocycles. The van der Waals surface area contributed by atoms with Crippen molar-refractivity contribution in [2.75, 3.05) is 18.8 Å². The van der Waals surface area contributed by atoms with E-state index >= 15 is 0 Å². The Morgan fingerprint density at radius 3 is 2.80 bits per heavy atom. The number of carbonyl (C=O) groups is 1. The number of hydrogen-bond donors (Lipinski definition) is 1. The minimum absolute atomic E-state index is 0.224. The molecule has 0 spiro atoms. The monoisotopic (exact) mass is 290 g/mol. The van der Waals surface area contributed by atoms with Gasteiger partial charge in [0, 0.05) is 19.3 Å². The van der Waals surface area contributed by atoms with Crippen LogP contribution in [0.5, 0.6) is 0 Å². The summed E-state index contributed by atoms with van der Waals surface area (Å²) in [4.78, 5) is 14.2. The van der Waals surface area contributed by atoms with E-state index in [1.165, 1.54) is 0 Å². The number of thiophene rings is 1. The zero-order valence-electron chi connectivity index (χ0n) is 11.2. The van der Waals surface area contributed by atoms with E-state index in [1.807, 2.05) is 38.7 Å². The van der Waals surface area contributed by atoms with E-state index in [0.29, 0.717) is 18.3 Å². The summed E-state index contributed by atoms with van der Waals surface area (Å²) in [7, 11) is 0. The van der Waals surface area contributed by atoms with Gasteiger partial charge in [-0.2, -0.15) is 16.4 Å². The summed E-state index contributed by atoms with van der Waals surface area (Å²) in [5.74, 6) is 0.780. The average molecular weight is 290 g/mol. The van der Waals surface area contributed by atoms with Crippen molar-refractivity contribution in [2.24, 2.45) is 0 Å². The van der Waals surface area contributed by atoms with E-state index in [4.69, 9.17) is 5.73 Å². The highest BCUT2D eigenvalue weighted by Gasteiger charge is 2.24. The van der Waals surface area contributed by atoms with Gasteiger partial charge < -0.3 is 10.6 Å². The lowest BCUT2D eigenvalue weighted by molar-refractivity contribution is -0.131. The molecule has 2 aromatic heterocycles. The molecule has 0 radical (unpaired) electrons. The second kappa shape index (κ2) is 5.66. The molecule has 1 aliphatic rings. The molecule has 0 unspecified atom stereocenters. The number of nitrogen functional groups attached to an aromatic ring is 1. The van der Waals surface area contributed by atoms with Crippen molar-refractivity contribution in [3.8, 4) is 0 Å². The maximum Gasteiger partial charge on any atom is 0.227 e. The number of piperidine rings is 1. The summed E-state index contributed by atoms with van der Waals surface area (Å²) in [5.41, 5.74) is 6.75. The summed E-state index contributed by atoms with van der Waals surface area (Å²) in [6, 6.07) is 4.19. The fourth-order valence-corrected chi connectivity index (χ4v) is 3.28. The molecule has 2 N–H and O–H groups in total. The van der Waals surface area contributed by atoms with Crippen LogP contribution in [0, 0.1) is 0 Å². The highest BCUT2D eigenvalue weighted by molar-refractivity contribution is 7.07. The van der Waals surface area contributed by atoms with Gasteiger partial charge in [0.2, 0.25) is 5.91 Å².